The van der Waals surface area contributed by atoms with Gasteiger partial charge in [-0.1, -0.05) is 49.4 Å². The van der Waals surface area contributed by atoms with Crippen LogP contribution in [0, 0.1) is 0 Å². The number of hydrogen-bond donors (Lipinski definition) is 1. The Morgan fingerprint density at radius 2 is 1.70 bits per heavy atom. The van der Waals surface area contributed by atoms with Crippen molar-refractivity contribution in [1.29, 1.82) is 0 Å². The first-order chi connectivity index (χ1) is 19.6. The van der Waals surface area contributed by atoms with Gasteiger partial charge in [0.05, 0.1) is 26.3 Å². The fourth-order valence-electron chi connectivity index (χ4n) is 4.99. The summed E-state index contributed by atoms with van der Waals surface area (Å²) in [6.07, 6.45) is 0.760. The van der Waals surface area contributed by atoms with Gasteiger partial charge in [-0.25, -0.2) is 4.68 Å². The van der Waals surface area contributed by atoms with E-state index < -0.39 is 0 Å². The zero-order valence-corrected chi connectivity index (χ0v) is 23.1. The molecule has 1 N–H and O–H groups in total. The highest BCUT2D eigenvalue weighted by Gasteiger charge is 2.26. The number of rotatable bonds is 12. The monoisotopic (exact) mass is 538 g/mol. The summed E-state index contributed by atoms with van der Waals surface area (Å²) in [4.78, 5) is 18.5. The number of hydrogen-bond acceptors (Lipinski definition) is 7. The molecule has 0 aliphatic carbocycles. The maximum Gasteiger partial charge on any atom is 0.252 e. The van der Waals surface area contributed by atoms with Gasteiger partial charge >= 0.3 is 0 Å². The van der Waals surface area contributed by atoms with Crippen molar-refractivity contribution in [3.05, 3.63) is 112 Å². The van der Waals surface area contributed by atoms with Gasteiger partial charge in [0.15, 0.2) is 5.82 Å². The van der Waals surface area contributed by atoms with Crippen molar-refractivity contribution in [3.8, 4) is 11.5 Å². The fourth-order valence-corrected chi connectivity index (χ4v) is 4.99. The third-order valence-corrected chi connectivity index (χ3v) is 6.98. The smallest absolute Gasteiger partial charge is 0.252 e. The van der Waals surface area contributed by atoms with Gasteiger partial charge in [0, 0.05) is 29.6 Å². The normalized spacial score (nSPS) is 12.1. The second-order valence-corrected chi connectivity index (χ2v) is 9.66. The number of nitrogens with zero attached hydrogens (tertiary/aromatic N) is 5. The third-order valence-electron chi connectivity index (χ3n) is 6.98. The highest BCUT2D eigenvalue weighted by molar-refractivity contribution is 5.80. The molecule has 0 saturated carbocycles. The minimum absolute atomic E-state index is 0.109. The maximum absolute atomic E-state index is 13.2. The maximum atomic E-state index is 13.2. The molecular weight excluding hydrogens is 504 g/mol. The Morgan fingerprint density at radius 1 is 0.925 bits per heavy atom. The summed E-state index contributed by atoms with van der Waals surface area (Å²) < 4.78 is 12.8. The number of aromatic nitrogens is 5. The lowest BCUT2D eigenvalue weighted by atomic mass is 10.1. The van der Waals surface area contributed by atoms with E-state index in [9.17, 15) is 4.79 Å². The molecule has 40 heavy (non-hydrogen) atoms. The SMILES string of the molecule is CCOc1ccc2[nH]c(=O)c(CN(Cc3ccccc3)C(CC)c3nnnn3Cc3ccc(OC)cc3)cc2c1. The second-order valence-electron chi connectivity index (χ2n) is 9.66. The van der Waals surface area contributed by atoms with Crippen molar-refractivity contribution in [2.75, 3.05) is 13.7 Å². The topological polar surface area (TPSA) is 98.2 Å². The zero-order valence-electron chi connectivity index (χ0n) is 23.1. The van der Waals surface area contributed by atoms with Crippen LogP contribution >= 0.6 is 0 Å². The first kappa shape index (κ1) is 27.1. The fraction of sp³-hybridized carbons (Fsp3) is 0.290. The number of H-pyrrole nitrogens is 1. The van der Waals surface area contributed by atoms with E-state index >= 15 is 0 Å². The molecule has 0 fully saturated rings. The molecule has 0 aliphatic rings. The van der Waals surface area contributed by atoms with Crippen LogP contribution in [0.1, 0.15) is 48.8 Å². The van der Waals surface area contributed by atoms with E-state index in [0.29, 0.717) is 31.8 Å². The molecule has 2 heterocycles. The van der Waals surface area contributed by atoms with Gasteiger partial charge in [-0.15, -0.1) is 5.10 Å². The molecule has 0 aliphatic heterocycles. The predicted molar refractivity (Wildman–Crippen MR) is 154 cm³/mol. The number of ether oxygens (including phenoxy) is 2. The molecule has 0 saturated heterocycles. The minimum atomic E-state index is -0.127. The Labute approximate surface area is 233 Å². The van der Waals surface area contributed by atoms with Crippen LogP contribution in [0.3, 0.4) is 0 Å². The number of pyridine rings is 1. The van der Waals surface area contributed by atoms with E-state index in [-0.39, 0.29) is 11.6 Å². The van der Waals surface area contributed by atoms with Gasteiger partial charge < -0.3 is 14.5 Å². The minimum Gasteiger partial charge on any atom is -0.497 e. The van der Waals surface area contributed by atoms with Crippen molar-refractivity contribution in [1.82, 2.24) is 30.1 Å². The molecule has 0 spiro atoms. The molecule has 2 aromatic heterocycles. The summed E-state index contributed by atoms with van der Waals surface area (Å²) in [6, 6.07) is 25.7. The number of aromatic amines is 1. The lowest BCUT2D eigenvalue weighted by Gasteiger charge is -2.30. The first-order valence-corrected chi connectivity index (χ1v) is 13.5. The van der Waals surface area contributed by atoms with E-state index in [4.69, 9.17) is 9.47 Å². The molecule has 9 heteroatoms. The Bertz CT molecular complexity index is 1600. The zero-order chi connectivity index (χ0) is 27.9. The molecule has 3 aromatic carbocycles. The van der Waals surface area contributed by atoms with Gasteiger partial charge in [-0.2, -0.15) is 0 Å². The number of tetrazole rings is 1. The average Bonchev–Trinajstić information content (AvgIpc) is 3.42. The molecule has 206 valence electrons. The number of methoxy groups -OCH3 is 1. The molecule has 0 radical (unpaired) electrons. The summed E-state index contributed by atoms with van der Waals surface area (Å²) >= 11 is 0. The first-order valence-electron chi connectivity index (χ1n) is 13.5. The van der Waals surface area contributed by atoms with Crippen LogP contribution in [0.25, 0.3) is 10.9 Å². The van der Waals surface area contributed by atoms with Crippen molar-refractivity contribution in [2.24, 2.45) is 0 Å². The number of benzene rings is 3. The van der Waals surface area contributed by atoms with Gasteiger partial charge in [-0.05, 0) is 71.3 Å². The summed E-state index contributed by atoms with van der Waals surface area (Å²) in [5, 5.41) is 13.7. The predicted octanol–water partition coefficient (Wildman–Crippen LogP) is 5.12. The van der Waals surface area contributed by atoms with E-state index in [0.717, 1.165) is 45.8 Å². The van der Waals surface area contributed by atoms with Crippen molar-refractivity contribution < 1.29 is 9.47 Å². The van der Waals surface area contributed by atoms with Crippen LogP contribution < -0.4 is 15.0 Å². The highest BCUT2D eigenvalue weighted by Crippen LogP contribution is 2.27. The number of nitrogens with one attached hydrogen (secondary N) is 1. The number of fused-ring (bicyclic) bond motifs is 1. The highest BCUT2D eigenvalue weighted by atomic mass is 16.5. The quantitative estimate of drug-likeness (QED) is 0.235. The van der Waals surface area contributed by atoms with Crippen LogP contribution in [0.2, 0.25) is 0 Å². The van der Waals surface area contributed by atoms with Gasteiger partial charge in [0.25, 0.3) is 5.56 Å². The van der Waals surface area contributed by atoms with E-state index in [1.807, 2.05) is 78.3 Å². The molecular formula is C31H34N6O3. The van der Waals surface area contributed by atoms with Crippen LogP contribution in [-0.4, -0.2) is 43.8 Å². The van der Waals surface area contributed by atoms with Gasteiger partial charge in [0.2, 0.25) is 0 Å². The largest absolute Gasteiger partial charge is 0.497 e. The van der Waals surface area contributed by atoms with E-state index in [1.54, 1.807) is 7.11 Å². The van der Waals surface area contributed by atoms with Crippen molar-refractivity contribution in [3.63, 3.8) is 0 Å². The Morgan fingerprint density at radius 3 is 2.42 bits per heavy atom. The summed E-state index contributed by atoms with van der Waals surface area (Å²) in [5.41, 5.74) is 3.55. The lowest BCUT2D eigenvalue weighted by Crippen LogP contribution is -2.32. The van der Waals surface area contributed by atoms with E-state index in [1.165, 1.54) is 0 Å². The summed E-state index contributed by atoms with van der Waals surface area (Å²) in [5.74, 6) is 2.33. The van der Waals surface area contributed by atoms with Gasteiger partial charge in [-0.3, -0.25) is 9.69 Å². The summed E-state index contributed by atoms with van der Waals surface area (Å²) in [6.45, 7) is 6.23. The molecule has 1 atom stereocenters. The van der Waals surface area contributed by atoms with Gasteiger partial charge in [0.1, 0.15) is 11.5 Å². The molecule has 9 nitrogen and oxygen atoms in total. The van der Waals surface area contributed by atoms with Crippen LogP contribution in [0.4, 0.5) is 0 Å². The van der Waals surface area contributed by atoms with Crippen molar-refractivity contribution >= 4 is 10.9 Å². The molecule has 1 unspecified atom stereocenters. The Kier molecular flexibility index (Phi) is 8.51. The van der Waals surface area contributed by atoms with E-state index in [2.05, 4.69) is 44.5 Å². The van der Waals surface area contributed by atoms with Crippen LogP contribution in [0.5, 0.6) is 11.5 Å². The molecule has 0 amide bonds. The molecule has 0 bridgehead atoms. The van der Waals surface area contributed by atoms with Crippen LogP contribution in [0.15, 0.2) is 83.7 Å². The average molecular weight is 539 g/mol. The standard InChI is InChI=1S/C31H34N6O3/c1-4-29(30-33-34-35-37(30)20-23-11-13-26(39-3)14-12-23)36(19-22-9-7-6-8-10-22)21-25-17-24-18-27(40-5-2)15-16-28(24)32-31(25)38/h6-18,29H,4-5,19-21H2,1-3H3,(H,32,38). The summed E-state index contributed by atoms with van der Waals surface area (Å²) in [7, 11) is 1.65. The Balaban J connectivity index is 1.49. The lowest BCUT2D eigenvalue weighted by molar-refractivity contribution is 0.161. The van der Waals surface area contributed by atoms with Crippen molar-refractivity contribution in [2.45, 2.75) is 45.9 Å². The molecule has 5 aromatic rings. The second kappa shape index (κ2) is 12.6. The third kappa shape index (κ3) is 6.21. The van der Waals surface area contributed by atoms with Crippen LogP contribution in [-0.2, 0) is 19.6 Å². The molecule has 5 rings (SSSR count). The Hall–Kier alpha value is -4.50.